The largest absolute Gasteiger partial charge is 0.395 e. The van der Waals surface area contributed by atoms with Crippen LogP contribution in [0, 0.1) is 12.8 Å². The van der Waals surface area contributed by atoms with Crippen LogP contribution in [0.1, 0.15) is 25.0 Å². The van der Waals surface area contributed by atoms with Gasteiger partial charge in [0.15, 0.2) is 0 Å². The van der Waals surface area contributed by atoms with E-state index in [2.05, 4.69) is 19.2 Å². The number of aryl methyl sites for hydroxylation is 1. The van der Waals surface area contributed by atoms with Crippen LogP contribution in [0.15, 0.2) is 18.2 Å². The predicted molar refractivity (Wildman–Crippen MR) is 68.7 cm³/mol. The molecular formula is C13H20ClNO. The number of hydrogen-bond donors (Lipinski definition) is 2. The molecule has 0 aliphatic carbocycles. The summed E-state index contributed by atoms with van der Waals surface area (Å²) in [5, 5.41) is 13.3. The molecule has 0 heterocycles. The lowest BCUT2D eigenvalue weighted by molar-refractivity contribution is 0.210. The number of nitrogens with one attached hydrogen (secondary N) is 1. The Morgan fingerprint density at radius 3 is 2.56 bits per heavy atom. The summed E-state index contributed by atoms with van der Waals surface area (Å²) < 4.78 is 0. The van der Waals surface area contributed by atoms with Gasteiger partial charge in [-0.15, -0.1) is 0 Å². The fraction of sp³-hybridized carbons (Fsp3) is 0.538. The highest BCUT2D eigenvalue weighted by molar-refractivity contribution is 6.31. The van der Waals surface area contributed by atoms with Crippen LogP contribution in [0.2, 0.25) is 5.02 Å². The van der Waals surface area contributed by atoms with Crippen molar-refractivity contribution in [2.24, 2.45) is 5.92 Å². The number of rotatable bonds is 5. The van der Waals surface area contributed by atoms with E-state index < -0.39 is 0 Å². The highest BCUT2D eigenvalue weighted by Crippen LogP contribution is 2.17. The molecule has 0 radical (unpaired) electrons. The Morgan fingerprint density at radius 2 is 2.06 bits per heavy atom. The molecule has 0 saturated heterocycles. The van der Waals surface area contributed by atoms with Crippen LogP contribution in [-0.4, -0.2) is 17.8 Å². The standard InChI is InChI=1S/C13H20ClNO/c1-9(2)13(8-16)15-7-11-5-4-10(3)6-12(11)14/h4-6,9,13,15-16H,7-8H2,1-3H3. The lowest BCUT2D eigenvalue weighted by atomic mass is 10.0. The first kappa shape index (κ1) is 13.5. The van der Waals surface area contributed by atoms with Crippen molar-refractivity contribution >= 4 is 11.6 Å². The van der Waals surface area contributed by atoms with Crippen molar-refractivity contribution in [3.63, 3.8) is 0 Å². The Labute approximate surface area is 103 Å². The van der Waals surface area contributed by atoms with Crippen molar-refractivity contribution in [2.45, 2.75) is 33.4 Å². The molecule has 0 fully saturated rings. The van der Waals surface area contributed by atoms with Gasteiger partial charge in [-0.25, -0.2) is 0 Å². The summed E-state index contributed by atoms with van der Waals surface area (Å²) in [4.78, 5) is 0. The van der Waals surface area contributed by atoms with Crippen LogP contribution in [0.5, 0.6) is 0 Å². The van der Waals surface area contributed by atoms with Gasteiger partial charge in [0.2, 0.25) is 0 Å². The molecular weight excluding hydrogens is 222 g/mol. The van der Waals surface area contributed by atoms with Crippen molar-refractivity contribution < 1.29 is 5.11 Å². The second kappa shape index (κ2) is 6.24. The molecule has 0 saturated carbocycles. The van der Waals surface area contributed by atoms with Crippen molar-refractivity contribution in [1.29, 1.82) is 0 Å². The maximum absolute atomic E-state index is 9.19. The summed E-state index contributed by atoms with van der Waals surface area (Å²) in [6, 6.07) is 6.16. The van der Waals surface area contributed by atoms with E-state index >= 15 is 0 Å². The molecule has 1 aromatic rings. The second-order valence-corrected chi connectivity index (χ2v) is 4.92. The zero-order chi connectivity index (χ0) is 12.1. The van der Waals surface area contributed by atoms with Crippen LogP contribution in [0.4, 0.5) is 0 Å². The first-order valence-electron chi connectivity index (χ1n) is 5.64. The average Bonchev–Trinajstić information content (AvgIpc) is 2.21. The maximum Gasteiger partial charge on any atom is 0.0587 e. The Morgan fingerprint density at radius 1 is 1.38 bits per heavy atom. The van der Waals surface area contributed by atoms with Crippen molar-refractivity contribution in [1.82, 2.24) is 5.32 Å². The maximum atomic E-state index is 9.19. The summed E-state index contributed by atoms with van der Waals surface area (Å²) in [6.07, 6.45) is 0. The van der Waals surface area contributed by atoms with E-state index in [0.717, 1.165) is 16.1 Å². The lowest BCUT2D eigenvalue weighted by Gasteiger charge is -2.20. The molecule has 1 atom stereocenters. The molecule has 1 unspecified atom stereocenters. The molecule has 0 aliphatic rings. The quantitative estimate of drug-likeness (QED) is 0.831. The molecule has 1 aromatic carbocycles. The Bertz CT molecular complexity index is 339. The number of halogens is 1. The molecule has 16 heavy (non-hydrogen) atoms. The summed E-state index contributed by atoms with van der Waals surface area (Å²) in [7, 11) is 0. The third-order valence-corrected chi connectivity index (χ3v) is 3.12. The predicted octanol–water partition coefficient (Wildman–Crippen LogP) is 2.75. The van der Waals surface area contributed by atoms with Gasteiger partial charge < -0.3 is 10.4 Å². The molecule has 0 aliphatic heterocycles. The summed E-state index contributed by atoms with van der Waals surface area (Å²) in [5.41, 5.74) is 2.24. The summed E-state index contributed by atoms with van der Waals surface area (Å²) in [5.74, 6) is 0.411. The lowest BCUT2D eigenvalue weighted by Crippen LogP contribution is -2.36. The van der Waals surface area contributed by atoms with E-state index in [1.165, 1.54) is 0 Å². The van der Waals surface area contributed by atoms with Gasteiger partial charge in [-0.2, -0.15) is 0 Å². The SMILES string of the molecule is Cc1ccc(CNC(CO)C(C)C)c(Cl)c1. The Balaban J connectivity index is 2.60. The van der Waals surface area contributed by atoms with Crippen LogP contribution >= 0.6 is 11.6 Å². The van der Waals surface area contributed by atoms with Gasteiger partial charge in [-0.3, -0.25) is 0 Å². The molecule has 1 rings (SSSR count). The topological polar surface area (TPSA) is 32.3 Å². The third-order valence-electron chi connectivity index (χ3n) is 2.76. The third kappa shape index (κ3) is 3.78. The van der Waals surface area contributed by atoms with Gasteiger partial charge in [0.25, 0.3) is 0 Å². The highest BCUT2D eigenvalue weighted by atomic mass is 35.5. The number of aliphatic hydroxyl groups excluding tert-OH is 1. The number of benzene rings is 1. The van der Waals surface area contributed by atoms with Crippen molar-refractivity contribution in [2.75, 3.05) is 6.61 Å². The van der Waals surface area contributed by atoms with E-state index in [1.54, 1.807) is 0 Å². The zero-order valence-electron chi connectivity index (χ0n) is 10.1. The fourth-order valence-corrected chi connectivity index (χ4v) is 1.85. The van der Waals surface area contributed by atoms with Gasteiger partial charge in [-0.05, 0) is 30.0 Å². The summed E-state index contributed by atoms with van der Waals surface area (Å²) >= 11 is 6.13. The normalized spacial score (nSPS) is 13.1. The van der Waals surface area contributed by atoms with Crippen molar-refractivity contribution in [3.8, 4) is 0 Å². The molecule has 2 nitrogen and oxygen atoms in total. The average molecular weight is 242 g/mol. The molecule has 0 amide bonds. The first-order valence-corrected chi connectivity index (χ1v) is 6.01. The number of hydrogen-bond acceptors (Lipinski definition) is 2. The fourth-order valence-electron chi connectivity index (χ4n) is 1.55. The Kier molecular flexibility index (Phi) is 5.26. The van der Waals surface area contributed by atoms with Crippen LogP contribution in [0.3, 0.4) is 0 Å². The van der Waals surface area contributed by atoms with Gasteiger partial charge in [0.05, 0.1) is 6.61 Å². The number of aliphatic hydroxyl groups is 1. The minimum Gasteiger partial charge on any atom is -0.395 e. The van der Waals surface area contributed by atoms with E-state index in [1.807, 2.05) is 25.1 Å². The molecule has 2 N–H and O–H groups in total. The van der Waals surface area contributed by atoms with Crippen molar-refractivity contribution in [3.05, 3.63) is 34.3 Å². The first-order chi connectivity index (χ1) is 7.54. The van der Waals surface area contributed by atoms with Crippen LogP contribution in [0.25, 0.3) is 0 Å². The molecule has 0 aromatic heterocycles. The Hall–Kier alpha value is -0.570. The van der Waals surface area contributed by atoms with Gasteiger partial charge in [0, 0.05) is 17.6 Å². The van der Waals surface area contributed by atoms with E-state index in [4.69, 9.17) is 11.6 Å². The van der Waals surface area contributed by atoms with E-state index in [-0.39, 0.29) is 12.6 Å². The molecule has 0 bridgehead atoms. The zero-order valence-corrected chi connectivity index (χ0v) is 10.9. The van der Waals surface area contributed by atoms with Crippen LogP contribution < -0.4 is 5.32 Å². The monoisotopic (exact) mass is 241 g/mol. The van der Waals surface area contributed by atoms with E-state index in [0.29, 0.717) is 12.5 Å². The summed E-state index contributed by atoms with van der Waals surface area (Å²) in [6.45, 7) is 7.05. The second-order valence-electron chi connectivity index (χ2n) is 4.51. The minimum atomic E-state index is 0.123. The minimum absolute atomic E-state index is 0.123. The van der Waals surface area contributed by atoms with Gasteiger partial charge in [0.1, 0.15) is 0 Å². The van der Waals surface area contributed by atoms with Crippen LogP contribution in [-0.2, 0) is 6.54 Å². The smallest absolute Gasteiger partial charge is 0.0587 e. The van der Waals surface area contributed by atoms with Gasteiger partial charge >= 0.3 is 0 Å². The molecule has 90 valence electrons. The van der Waals surface area contributed by atoms with E-state index in [9.17, 15) is 5.11 Å². The van der Waals surface area contributed by atoms with Gasteiger partial charge in [-0.1, -0.05) is 37.6 Å². The molecule has 0 spiro atoms. The molecule has 3 heteroatoms. The highest BCUT2D eigenvalue weighted by Gasteiger charge is 2.11.